The molecule has 0 bridgehead atoms. The van der Waals surface area contributed by atoms with Gasteiger partial charge in [0.25, 0.3) is 0 Å². The Hall–Kier alpha value is -3.32. The average molecular weight is 417 g/mol. The van der Waals surface area contributed by atoms with Gasteiger partial charge in [0.05, 0.1) is 11.0 Å². The van der Waals surface area contributed by atoms with Gasteiger partial charge in [0.15, 0.2) is 0 Å². The van der Waals surface area contributed by atoms with Crippen molar-refractivity contribution in [3.05, 3.63) is 71.2 Å². The Labute approximate surface area is 162 Å². The van der Waals surface area contributed by atoms with Crippen molar-refractivity contribution in [1.82, 2.24) is 30.6 Å². The Morgan fingerprint density at radius 1 is 0.778 bits per heavy atom. The maximum atomic E-state index is 4.73. The van der Waals surface area contributed by atoms with Gasteiger partial charge in [-0.2, -0.15) is 5.21 Å². The number of aromatic amines is 2. The van der Waals surface area contributed by atoms with Crippen LogP contribution in [0.2, 0.25) is 0 Å². The molecule has 0 fully saturated rings. The molecule has 2 aromatic heterocycles. The van der Waals surface area contributed by atoms with Gasteiger partial charge in [-0.3, -0.25) is 0 Å². The van der Waals surface area contributed by atoms with Crippen LogP contribution in [0, 0.1) is 0 Å². The van der Waals surface area contributed by atoms with Crippen LogP contribution in [0.4, 0.5) is 0 Å². The van der Waals surface area contributed by atoms with Crippen LogP contribution in [0.25, 0.3) is 44.9 Å². The predicted octanol–water partition coefficient (Wildman–Crippen LogP) is 4.84. The molecule has 5 rings (SSSR count). The number of benzene rings is 3. The highest BCUT2D eigenvalue weighted by Gasteiger charge is 2.10. The van der Waals surface area contributed by atoms with Crippen molar-refractivity contribution in [2.75, 3.05) is 0 Å². The minimum Gasteiger partial charge on any atom is -0.338 e. The van der Waals surface area contributed by atoms with Crippen molar-refractivity contribution in [3.8, 4) is 33.9 Å². The Morgan fingerprint density at radius 3 is 2.41 bits per heavy atom. The van der Waals surface area contributed by atoms with Gasteiger partial charge in [-0.1, -0.05) is 46.3 Å². The highest BCUT2D eigenvalue weighted by Crippen LogP contribution is 2.28. The Balaban J connectivity index is 1.55. The van der Waals surface area contributed by atoms with Gasteiger partial charge in [0, 0.05) is 15.6 Å². The molecule has 130 valence electrons. The van der Waals surface area contributed by atoms with Crippen LogP contribution >= 0.6 is 15.9 Å². The number of tetrazole rings is 1. The molecule has 27 heavy (non-hydrogen) atoms. The van der Waals surface area contributed by atoms with E-state index in [0.29, 0.717) is 5.82 Å². The normalized spacial score (nSPS) is 11.1. The molecule has 0 spiro atoms. The highest BCUT2D eigenvalue weighted by molar-refractivity contribution is 9.10. The summed E-state index contributed by atoms with van der Waals surface area (Å²) < 4.78 is 1.07. The maximum absolute atomic E-state index is 4.73. The number of nitrogens with zero attached hydrogens (tertiary/aromatic N) is 4. The molecule has 0 saturated carbocycles. The van der Waals surface area contributed by atoms with Crippen molar-refractivity contribution in [3.63, 3.8) is 0 Å². The van der Waals surface area contributed by atoms with Crippen molar-refractivity contribution in [1.29, 1.82) is 0 Å². The summed E-state index contributed by atoms with van der Waals surface area (Å²) in [5.74, 6) is 1.39. The summed E-state index contributed by atoms with van der Waals surface area (Å²) in [5, 5.41) is 14.1. The SMILES string of the molecule is Brc1ccc(-c2cccc(-c3nc4ccc(-c5nn[nH]n5)cc4[nH]3)c2)cc1. The van der Waals surface area contributed by atoms with E-state index in [1.54, 1.807) is 0 Å². The van der Waals surface area contributed by atoms with Crippen LogP contribution in [0.15, 0.2) is 71.2 Å². The van der Waals surface area contributed by atoms with E-state index in [2.05, 4.69) is 71.9 Å². The van der Waals surface area contributed by atoms with E-state index in [0.717, 1.165) is 43.6 Å². The first-order chi connectivity index (χ1) is 13.3. The summed E-state index contributed by atoms with van der Waals surface area (Å²) in [6.07, 6.45) is 0. The van der Waals surface area contributed by atoms with Gasteiger partial charge in [-0.15, -0.1) is 10.2 Å². The lowest BCUT2D eigenvalue weighted by atomic mass is 10.0. The molecular formula is C20H13BrN6. The summed E-state index contributed by atoms with van der Waals surface area (Å²) in [6, 6.07) is 22.5. The molecule has 0 aliphatic rings. The number of fused-ring (bicyclic) bond motifs is 1. The third-order valence-electron chi connectivity index (χ3n) is 4.40. The van der Waals surface area contributed by atoms with Gasteiger partial charge in [0.2, 0.25) is 5.82 Å². The second kappa shape index (κ2) is 6.44. The molecule has 0 saturated heterocycles. The molecule has 2 heterocycles. The van der Waals surface area contributed by atoms with Gasteiger partial charge < -0.3 is 4.98 Å². The van der Waals surface area contributed by atoms with E-state index in [1.807, 2.05) is 36.4 Å². The lowest BCUT2D eigenvalue weighted by Crippen LogP contribution is -1.83. The lowest BCUT2D eigenvalue weighted by Gasteiger charge is -2.04. The fourth-order valence-electron chi connectivity index (χ4n) is 3.06. The van der Waals surface area contributed by atoms with Gasteiger partial charge in [-0.05, 0) is 52.7 Å². The van der Waals surface area contributed by atoms with Crippen LogP contribution in [-0.2, 0) is 0 Å². The largest absolute Gasteiger partial charge is 0.338 e. The molecule has 0 amide bonds. The van der Waals surface area contributed by atoms with E-state index >= 15 is 0 Å². The van der Waals surface area contributed by atoms with Crippen LogP contribution in [0.3, 0.4) is 0 Å². The van der Waals surface area contributed by atoms with E-state index in [9.17, 15) is 0 Å². The molecule has 3 aromatic carbocycles. The number of H-pyrrole nitrogens is 2. The quantitative estimate of drug-likeness (QED) is 0.440. The molecule has 6 nitrogen and oxygen atoms in total. The van der Waals surface area contributed by atoms with Crippen LogP contribution in [0.5, 0.6) is 0 Å². The van der Waals surface area contributed by atoms with Gasteiger partial charge >= 0.3 is 0 Å². The summed E-state index contributed by atoms with van der Waals surface area (Å²) in [7, 11) is 0. The second-order valence-electron chi connectivity index (χ2n) is 6.14. The number of aromatic nitrogens is 6. The summed E-state index contributed by atoms with van der Waals surface area (Å²) in [5.41, 5.74) is 6.05. The fraction of sp³-hybridized carbons (Fsp3) is 0. The fourth-order valence-corrected chi connectivity index (χ4v) is 3.32. The second-order valence-corrected chi connectivity index (χ2v) is 7.06. The third-order valence-corrected chi connectivity index (χ3v) is 4.93. The van der Waals surface area contributed by atoms with Crippen molar-refractivity contribution in [2.24, 2.45) is 0 Å². The van der Waals surface area contributed by atoms with Crippen molar-refractivity contribution in [2.45, 2.75) is 0 Å². The molecule has 5 aromatic rings. The van der Waals surface area contributed by atoms with Gasteiger partial charge in [-0.25, -0.2) is 4.98 Å². The molecule has 0 aliphatic heterocycles. The molecule has 7 heteroatoms. The number of imidazole rings is 1. The van der Waals surface area contributed by atoms with E-state index in [-0.39, 0.29) is 0 Å². The number of halogens is 1. The van der Waals surface area contributed by atoms with Gasteiger partial charge in [0.1, 0.15) is 5.82 Å². The topological polar surface area (TPSA) is 83.1 Å². The summed E-state index contributed by atoms with van der Waals surface area (Å²) in [6.45, 7) is 0. The first kappa shape index (κ1) is 15.9. The lowest BCUT2D eigenvalue weighted by molar-refractivity contribution is 0.881. The molecule has 0 atom stereocenters. The maximum Gasteiger partial charge on any atom is 0.204 e. The number of rotatable bonds is 3. The standard InChI is InChI=1S/C20H13BrN6/c21-16-7-4-12(5-8-16)13-2-1-3-14(10-13)19-22-17-9-6-15(11-18(17)23-19)20-24-26-27-25-20/h1-11H,(H,22,23)(H,24,25,26,27). The van der Waals surface area contributed by atoms with E-state index < -0.39 is 0 Å². The molecule has 2 N–H and O–H groups in total. The Kier molecular flexibility index (Phi) is 3.79. The first-order valence-corrected chi connectivity index (χ1v) is 9.15. The third kappa shape index (κ3) is 3.02. The summed E-state index contributed by atoms with van der Waals surface area (Å²) >= 11 is 3.48. The first-order valence-electron chi connectivity index (χ1n) is 8.36. The Bertz CT molecular complexity index is 1230. The monoisotopic (exact) mass is 416 g/mol. The zero-order valence-electron chi connectivity index (χ0n) is 14.0. The van der Waals surface area contributed by atoms with Crippen LogP contribution < -0.4 is 0 Å². The molecule has 0 aliphatic carbocycles. The van der Waals surface area contributed by atoms with Crippen molar-refractivity contribution < 1.29 is 0 Å². The zero-order chi connectivity index (χ0) is 18.2. The van der Waals surface area contributed by atoms with Crippen LogP contribution in [-0.4, -0.2) is 30.6 Å². The van der Waals surface area contributed by atoms with E-state index in [4.69, 9.17) is 4.98 Å². The molecule has 0 unspecified atom stereocenters. The Morgan fingerprint density at radius 2 is 1.59 bits per heavy atom. The number of hydrogen-bond acceptors (Lipinski definition) is 4. The minimum absolute atomic E-state index is 0.560. The number of nitrogens with one attached hydrogen (secondary N) is 2. The number of hydrogen-bond donors (Lipinski definition) is 2. The smallest absolute Gasteiger partial charge is 0.204 e. The minimum atomic E-state index is 0.560. The molecular weight excluding hydrogens is 404 g/mol. The highest BCUT2D eigenvalue weighted by atomic mass is 79.9. The van der Waals surface area contributed by atoms with E-state index in [1.165, 1.54) is 0 Å². The average Bonchev–Trinajstić information content (AvgIpc) is 3.38. The van der Waals surface area contributed by atoms with Crippen molar-refractivity contribution >= 4 is 27.0 Å². The predicted molar refractivity (Wildman–Crippen MR) is 108 cm³/mol. The summed E-state index contributed by atoms with van der Waals surface area (Å²) in [4.78, 5) is 8.12. The molecule has 0 radical (unpaired) electrons. The van der Waals surface area contributed by atoms with Crippen LogP contribution in [0.1, 0.15) is 0 Å². The zero-order valence-corrected chi connectivity index (χ0v) is 15.6.